The molecule has 0 unspecified atom stereocenters. The third kappa shape index (κ3) is 3.47. The molecule has 1 N–H and O–H groups in total. The second-order valence-corrected chi connectivity index (χ2v) is 6.05. The minimum absolute atomic E-state index is 0.0271. The van der Waals surface area contributed by atoms with Crippen molar-refractivity contribution in [3.63, 3.8) is 0 Å². The van der Waals surface area contributed by atoms with Crippen molar-refractivity contribution in [2.24, 2.45) is 0 Å². The highest BCUT2D eigenvalue weighted by Gasteiger charge is 2.17. The molecule has 0 aliphatic carbocycles. The van der Waals surface area contributed by atoms with Crippen LogP contribution in [-0.4, -0.2) is 31.2 Å². The number of carbonyl (C=O) groups is 1. The predicted molar refractivity (Wildman–Crippen MR) is 90.4 cm³/mol. The standard InChI is InChI=1S/C14H10ClN5O3S/c15-9-4-5-11(20(22)23)10(7-9)16-13(21)8-24-14-18-17-12-3-1-2-6-19(12)14/h1-7H,8H2,(H,16,21). The smallest absolute Gasteiger partial charge is 0.292 e. The Labute approximate surface area is 145 Å². The van der Waals surface area contributed by atoms with Gasteiger partial charge >= 0.3 is 0 Å². The Kier molecular flexibility index (Phi) is 4.63. The fraction of sp³-hybridized carbons (Fsp3) is 0.0714. The first-order valence-corrected chi connectivity index (χ1v) is 8.07. The molecule has 24 heavy (non-hydrogen) atoms. The van der Waals surface area contributed by atoms with E-state index in [1.807, 2.05) is 12.1 Å². The van der Waals surface area contributed by atoms with Crippen LogP contribution in [0.1, 0.15) is 0 Å². The zero-order valence-corrected chi connectivity index (χ0v) is 13.6. The summed E-state index contributed by atoms with van der Waals surface area (Å²) in [7, 11) is 0. The minimum Gasteiger partial charge on any atom is -0.320 e. The Morgan fingerprint density at radius 2 is 2.17 bits per heavy atom. The number of hydrogen-bond acceptors (Lipinski definition) is 6. The van der Waals surface area contributed by atoms with Crippen molar-refractivity contribution in [3.8, 4) is 0 Å². The van der Waals surface area contributed by atoms with E-state index in [0.29, 0.717) is 15.8 Å². The maximum absolute atomic E-state index is 12.1. The van der Waals surface area contributed by atoms with E-state index in [-0.39, 0.29) is 17.1 Å². The Morgan fingerprint density at radius 1 is 1.33 bits per heavy atom. The lowest BCUT2D eigenvalue weighted by Gasteiger charge is -2.06. The van der Waals surface area contributed by atoms with Gasteiger partial charge in [0, 0.05) is 17.3 Å². The lowest BCUT2D eigenvalue weighted by Crippen LogP contribution is -2.15. The SMILES string of the molecule is O=C(CSc1nnc2ccccn12)Nc1cc(Cl)ccc1[N+](=O)[O-]. The van der Waals surface area contributed by atoms with Gasteiger partial charge in [-0.2, -0.15) is 0 Å². The number of aromatic nitrogens is 3. The number of rotatable bonds is 5. The van der Waals surface area contributed by atoms with Gasteiger partial charge in [0.25, 0.3) is 5.69 Å². The number of thioether (sulfide) groups is 1. The average molecular weight is 364 g/mol. The van der Waals surface area contributed by atoms with E-state index >= 15 is 0 Å². The van der Waals surface area contributed by atoms with Crippen molar-refractivity contribution in [2.75, 3.05) is 11.1 Å². The molecule has 1 amide bonds. The van der Waals surface area contributed by atoms with Gasteiger partial charge < -0.3 is 5.32 Å². The van der Waals surface area contributed by atoms with Gasteiger partial charge in [0.1, 0.15) is 5.69 Å². The molecule has 0 atom stereocenters. The van der Waals surface area contributed by atoms with E-state index in [2.05, 4.69) is 15.5 Å². The third-order valence-corrected chi connectivity index (χ3v) is 4.22. The Bertz CT molecular complexity index is 930. The normalized spacial score (nSPS) is 10.7. The number of nitro benzene ring substituents is 1. The highest BCUT2D eigenvalue weighted by Crippen LogP contribution is 2.28. The van der Waals surface area contributed by atoms with Gasteiger partial charge in [0.15, 0.2) is 10.8 Å². The predicted octanol–water partition coefficient (Wildman–Crippen LogP) is 3.02. The maximum atomic E-state index is 12.1. The molecule has 0 spiro atoms. The van der Waals surface area contributed by atoms with Crippen molar-refractivity contribution in [1.29, 1.82) is 0 Å². The Morgan fingerprint density at radius 3 is 2.96 bits per heavy atom. The number of fused-ring (bicyclic) bond motifs is 1. The van der Waals surface area contributed by atoms with E-state index in [1.165, 1.54) is 30.0 Å². The molecule has 0 aliphatic rings. The van der Waals surface area contributed by atoms with Crippen LogP contribution in [0, 0.1) is 10.1 Å². The second kappa shape index (κ2) is 6.85. The molecule has 0 aliphatic heterocycles. The van der Waals surface area contributed by atoms with Crippen LogP contribution in [0.3, 0.4) is 0 Å². The molecule has 2 heterocycles. The van der Waals surface area contributed by atoms with Crippen LogP contribution in [-0.2, 0) is 4.79 Å². The number of benzene rings is 1. The maximum Gasteiger partial charge on any atom is 0.292 e. The van der Waals surface area contributed by atoms with Crippen molar-refractivity contribution in [3.05, 3.63) is 57.7 Å². The molecule has 122 valence electrons. The van der Waals surface area contributed by atoms with Gasteiger partial charge in [-0.25, -0.2) is 0 Å². The van der Waals surface area contributed by atoms with Gasteiger partial charge in [-0.1, -0.05) is 29.4 Å². The number of nitro groups is 1. The quantitative estimate of drug-likeness (QED) is 0.424. The number of carbonyl (C=O) groups excluding carboxylic acids is 1. The van der Waals surface area contributed by atoms with E-state index in [1.54, 1.807) is 16.7 Å². The lowest BCUT2D eigenvalue weighted by molar-refractivity contribution is -0.383. The van der Waals surface area contributed by atoms with E-state index in [9.17, 15) is 14.9 Å². The van der Waals surface area contributed by atoms with Crippen LogP contribution in [0.25, 0.3) is 5.65 Å². The summed E-state index contributed by atoms with van der Waals surface area (Å²) in [6, 6.07) is 9.45. The number of nitrogens with one attached hydrogen (secondary N) is 1. The van der Waals surface area contributed by atoms with Gasteiger partial charge in [-0.3, -0.25) is 19.3 Å². The van der Waals surface area contributed by atoms with Crippen molar-refractivity contribution in [2.45, 2.75) is 5.16 Å². The highest BCUT2D eigenvalue weighted by atomic mass is 35.5. The fourth-order valence-corrected chi connectivity index (χ4v) is 2.90. The summed E-state index contributed by atoms with van der Waals surface area (Å²) in [6.45, 7) is 0. The zero-order valence-electron chi connectivity index (χ0n) is 12.0. The van der Waals surface area contributed by atoms with Gasteiger partial charge in [0.2, 0.25) is 5.91 Å². The van der Waals surface area contributed by atoms with Crippen LogP contribution in [0.15, 0.2) is 47.8 Å². The van der Waals surface area contributed by atoms with Gasteiger partial charge in [0.05, 0.1) is 10.7 Å². The van der Waals surface area contributed by atoms with Crippen LogP contribution in [0.5, 0.6) is 0 Å². The molecule has 2 aromatic heterocycles. The first kappa shape index (κ1) is 16.2. The van der Waals surface area contributed by atoms with Crippen molar-refractivity contribution in [1.82, 2.24) is 14.6 Å². The van der Waals surface area contributed by atoms with Gasteiger partial charge in [-0.05, 0) is 24.3 Å². The zero-order chi connectivity index (χ0) is 17.1. The summed E-state index contributed by atoms with van der Waals surface area (Å²) >= 11 is 7.00. The van der Waals surface area contributed by atoms with E-state index in [4.69, 9.17) is 11.6 Å². The minimum atomic E-state index is -0.578. The molecule has 0 saturated heterocycles. The summed E-state index contributed by atoms with van der Waals surface area (Å²) in [4.78, 5) is 22.5. The molecule has 3 rings (SSSR count). The first-order valence-electron chi connectivity index (χ1n) is 6.71. The number of anilines is 1. The molecule has 0 radical (unpaired) electrons. The second-order valence-electron chi connectivity index (χ2n) is 4.67. The molecule has 8 nitrogen and oxygen atoms in total. The first-order chi connectivity index (χ1) is 11.5. The average Bonchev–Trinajstić information content (AvgIpc) is 2.96. The molecule has 0 saturated carbocycles. The molecular formula is C14H10ClN5O3S. The van der Waals surface area contributed by atoms with Crippen LogP contribution in [0.4, 0.5) is 11.4 Å². The van der Waals surface area contributed by atoms with E-state index < -0.39 is 10.8 Å². The van der Waals surface area contributed by atoms with Crippen LogP contribution < -0.4 is 5.32 Å². The van der Waals surface area contributed by atoms with E-state index in [0.717, 1.165) is 0 Å². The summed E-state index contributed by atoms with van der Waals surface area (Å²) in [5.41, 5.74) is 0.515. The molecule has 0 bridgehead atoms. The number of hydrogen-bond donors (Lipinski definition) is 1. The summed E-state index contributed by atoms with van der Waals surface area (Å²) in [5.74, 6) is -0.377. The number of pyridine rings is 1. The topological polar surface area (TPSA) is 102 Å². The summed E-state index contributed by atoms with van der Waals surface area (Å²) in [6.07, 6.45) is 1.79. The van der Waals surface area contributed by atoms with Crippen molar-refractivity contribution >= 4 is 46.3 Å². The summed E-state index contributed by atoms with van der Waals surface area (Å²) < 4.78 is 1.75. The molecule has 10 heteroatoms. The molecule has 1 aromatic carbocycles. The van der Waals surface area contributed by atoms with Crippen LogP contribution >= 0.6 is 23.4 Å². The monoisotopic (exact) mass is 363 g/mol. The van der Waals surface area contributed by atoms with Crippen molar-refractivity contribution < 1.29 is 9.72 Å². The molecule has 0 fully saturated rings. The molecule has 3 aromatic rings. The highest BCUT2D eigenvalue weighted by molar-refractivity contribution is 7.99. The third-order valence-electron chi connectivity index (χ3n) is 3.04. The van der Waals surface area contributed by atoms with Gasteiger partial charge in [-0.15, -0.1) is 10.2 Å². The largest absolute Gasteiger partial charge is 0.320 e. The summed E-state index contributed by atoms with van der Waals surface area (Å²) in [5, 5.41) is 22.3. The van der Waals surface area contributed by atoms with Crippen LogP contribution in [0.2, 0.25) is 5.02 Å². The Hall–Kier alpha value is -2.65. The molecular weight excluding hydrogens is 354 g/mol. The number of amides is 1. The lowest BCUT2D eigenvalue weighted by atomic mass is 10.2. The number of halogens is 1. The number of nitrogens with zero attached hydrogens (tertiary/aromatic N) is 4. The fourth-order valence-electron chi connectivity index (χ4n) is 2.00. The Balaban J connectivity index is 1.70.